The van der Waals surface area contributed by atoms with Crippen LogP contribution in [-0.4, -0.2) is 27.8 Å². The standard InChI is InChI=1S/C21H24FN3O/c1-14-17(4-3-5-18(14)13-22)12-19-15(2)24-25-9-6-20(23-21(19)25)16-7-10-26-11-8-16/h3-6,9,16H,7-8,10-13H2,1-2H3. The summed E-state index contributed by atoms with van der Waals surface area (Å²) in [7, 11) is 0. The maximum absolute atomic E-state index is 13.2. The lowest BCUT2D eigenvalue weighted by Gasteiger charge is -2.21. The molecule has 1 saturated heterocycles. The van der Waals surface area contributed by atoms with Crippen LogP contribution in [0, 0.1) is 13.8 Å². The summed E-state index contributed by atoms with van der Waals surface area (Å²) >= 11 is 0. The second-order valence-corrected chi connectivity index (χ2v) is 7.08. The molecule has 0 aliphatic carbocycles. The van der Waals surface area contributed by atoms with Gasteiger partial charge in [-0.05, 0) is 49.4 Å². The number of nitrogens with zero attached hydrogens (tertiary/aromatic N) is 3. The van der Waals surface area contributed by atoms with Gasteiger partial charge in [0.15, 0.2) is 5.65 Å². The van der Waals surface area contributed by atoms with Crippen LogP contribution in [0.3, 0.4) is 0 Å². The van der Waals surface area contributed by atoms with Crippen molar-refractivity contribution < 1.29 is 9.13 Å². The highest BCUT2D eigenvalue weighted by molar-refractivity contribution is 5.53. The molecule has 3 heterocycles. The normalized spacial score (nSPS) is 15.7. The van der Waals surface area contributed by atoms with Crippen LogP contribution in [-0.2, 0) is 17.8 Å². The van der Waals surface area contributed by atoms with Gasteiger partial charge < -0.3 is 4.74 Å². The topological polar surface area (TPSA) is 39.4 Å². The van der Waals surface area contributed by atoms with E-state index in [0.717, 1.165) is 71.8 Å². The molecule has 3 aromatic rings. The molecule has 136 valence electrons. The van der Waals surface area contributed by atoms with E-state index in [1.807, 2.05) is 36.7 Å². The minimum absolute atomic E-state index is 0.431. The number of benzene rings is 1. The summed E-state index contributed by atoms with van der Waals surface area (Å²) in [6.07, 6.45) is 4.76. The van der Waals surface area contributed by atoms with Gasteiger partial charge in [0.05, 0.1) is 5.69 Å². The molecule has 1 fully saturated rings. The van der Waals surface area contributed by atoms with Crippen molar-refractivity contribution in [1.29, 1.82) is 0 Å². The molecule has 0 saturated carbocycles. The Hall–Kier alpha value is -2.27. The number of aryl methyl sites for hydroxylation is 1. The third kappa shape index (κ3) is 3.12. The third-order valence-corrected chi connectivity index (χ3v) is 5.51. The molecule has 0 atom stereocenters. The molecule has 5 heteroatoms. The van der Waals surface area contributed by atoms with Crippen molar-refractivity contribution in [2.45, 2.75) is 45.7 Å². The van der Waals surface area contributed by atoms with Crippen molar-refractivity contribution in [1.82, 2.24) is 14.6 Å². The summed E-state index contributed by atoms with van der Waals surface area (Å²) in [5.74, 6) is 0.452. The van der Waals surface area contributed by atoms with Crippen LogP contribution in [0.2, 0.25) is 0 Å². The molecule has 4 nitrogen and oxygen atoms in total. The summed E-state index contributed by atoms with van der Waals surface area (Å²) < 4.78 is 20.5. The van der Waals surface area contributed by atoms with E-state index in [0.29, 0.717) is 5.92 Å². The van der Waals surface area contributed by atoms with Crippen LogP contribution >= 0.6 is 0 Å². The number of ether oxygens (including phenoxy) is 1. The van der Waals surface area contributed by atoms with Crippen LogP contribution in [0.15, 0.2) is 30.5 Å². The first-order chi connectivity index (χ1) is 12.7. The Morgan fingerprint density at radius 2 is 1.92 bits per heavy atom. The van der Waals surface area contributed by atoms with Crippen molar-refractivity contribution in [3.8, 4) is 0 Å². The molecule has 1 aromatic carbocycles. The van der Waals surface area contributed by atoms with E-state index in [1.54, 1.807) is 0 Å². The zero-order valence-corrected chi connectivity index (χ0v) is 15.3. The van der Waals surface area contributed by atoms with Crippen molar-refractivity contribution in [3.05, 3.63) is 64.1 Å². The minimum atomic E-state index is -0.431. The fourth-order valence-corrected chi connectivity index (χ4v) is 3.79. The van der Waals surface area contributed by atoms with Gasteiger partial charge in [0.25, 0.3) is 0 Å². The highest BCUT2D eigenvalue weighted by atomic mass is 19.1. The average molecular weight is 353 g/mol. The van der Waals surface area contributed by atoms with Gasteiger partial charge in [-0.15, -0.1) is 0 Å². The predicted molar refractivity (Wildman–Crippen MR) is 99.3 cm³/mol. The molecule has 2 aromatic heterocycles. The van der Waals surface area contributed by atoms with Gasteiger partial charge in [0.2, 0.25) is 0 Å². The van der Waals surface area contributed by atoms with Gasteiger partial charge in [-0.3, -0.25) is 0 Å². The predicted octanol–water partition coefficient (Wildman–Crippen LogP) is 4.30. The van der Waals surface area contributed by atoms with Gasteiger partial charge in [-0.25, -0.2) is 13.9 Å². The Balaban J connectivity index is 1.73. The molecular weight excluding hydrogens is 329 g/mol. The molecule has 26 heavy (non-hydrogen) atoms. The van der Waals surface area contributed by atoms with Crippen molar-refractivity contribution >= 4 is 5.65 Å². The Morgan fingerprint density at radius 3 is 2.69 bits per heavy atom. The summed E-state index contributed by atoms with van der Waals surface area (Å²) in [4.78, 5) is 4.96. The first kappa shape index (κ1) is 17.2. The van der Waals surface area contributed by atoms with E-state index in [4.69, 9.17) is 9.72 Å². The van der Waals surface area contributed by atoms with Crippen LogP contribution in [0.5, 0.6) is 0 Å². The summed E-state index contributed by atoms with van der Waals surface area (Å²) in [5, 5.41) is 4.62. The van der Waals surface area contributed by atoms with E-state index in [-0.39, 0.29) is 0 Å². The van der Waals surface area contributed by atoms with Gasteiger partial charge in [-0.2, -0.15) is 5.10 Å². The van der Waals surface area contributed by atoms with Crippen LogP contribution in [0.25, 0.3) is 5.65 Å². The number of fused-ring (bicyclic) bond motifs is 1. The molecule has 0 radical (unpaired) electrons. The number of rotatable bonds is 4. The Morgan fingerprint density at radius 1 is 1.15 bits per heavy atom. The van der Waals surface area contributed by atoms with Crippen molar-refractivity contribution in [2.75, 3.05) is 13.2 Å². The SMILES string of the molecule is Cc1nn2ccc(C3CCOCC3)nc2c1Cc1cccc(CF)c1C. The fourth-order valence-electron chi connectivity index (χ4n) is 3.79. The molecule has 0 N–H and O–H groups in total. The number of halogens is 1. The number of hydrogen-bond donors (Lipinski definition) is 0. The van der Waals surface area contributed by atoms with Crippen molar-refractivity contribution in [2.24, 2.45) is 0 Å². The largest absolute Gasteiger partial charge is 0.381 e. The Labute approximate surface area is 153 Å². The minimum Gasteiger partial charge on any atom is -0.381 e. The highest BCUT2D eigenvalue weighted by Crippen LogP contribution is 2.28. The highest BCUT2D eigenvalue weighted by Gasteiger charge is 2.20. The van der Waals surface area contributed by atoms with Crippen LogP contribution in [0.1, 0.15) is 52.4 Å². The summed E-state index contributed by atoms with van der Waals surface area (Å²) in [6.45, 7) is 5.19. The quantitative estimate of drug-likeness (QED) is 0.702. The smallest absolute Gasteiger partial charge is 0.158 e. The Bertz CT molecular complexity index is 928. The molecule has 0 unspecified atom stereocenters. The summed E-state index contributed by atoms with van der Waals surface area (Å²) in [6, 6.07) is 7.93. The van der Waals surface area contributed by atoms with E-state index in [2.05, 4.69) is 17.2 Å². The molecule has 1 aliphatic heterocycles. The maximum Gasteiger partial charge on any atom is 0.158 e. The Kier molecular flexibility index (Phi) is 4.72. The lowest BCUT2D eigenvalue weighted by atomic mass is 9.95. The first-order valence-corrected chi connectivity index (χ1v) is 9.23. The molecule has 4 rings (SSSR count). The fraction of sp³-hybridized carbons (Fsp3) is 0.429. The second kappa shape index (κ2) is 7.16. The zero-order chi connectivity index (χ0) is 18.1. The maximum atomic E-state index is 13.2. The van der Waals surface area contributed by atoms with E-state index in [1.165, 1.54) is 0 Å². The lowest BCUT2D eigenvalue weighted by Crippen LogP contribution is -2.15. The van der Waals surface area contributed by atoms with Crippen molar-refractivity contribution in [3.63, 3.8) is 0 Å². The lowest BCUT2D eigenvalue weighted by molar-refractivity contribution is 0.0845. The third-order valence-electron chi connectivity index (χ3n) is 5.51. The molecule has 0 bridgehead atoms. The van der Waals surface area contributed by atoms with Gasteiger partial charge >= 0.3 is 0 Å². The van der Waals surface area contributed by atoms with E-state index >= 15 is 0 Å². The van der Waals surface area contributed by atoms with Gasteiger partial charge in [-0.1, -0.05) is 18.2 Å². The number of aromatic nitrogens is 3. The summed E-state index contributed by atoms with van der Waals surface area (Å²) in [5.41, 5.74) is 7.05. The first-order valence-electron chi connectivity index (χ1n) is 9.23. The van der Waals surface area contributed by atoms with E-state index in [9.17, 15) is 4.39 Å². The number of alkyl halides is 1. The monoisotopic (exact) mass is 353 g/mol. The molecular formula is C21H24FN3O. The van der Waals surface area contributed by atoms with Crippen LogP contribution < -0.4 is 0 Å². The zero-order valence-electron chi connectivity index (χ0n) is 15.3. The van der Waals surface area contributed by atoms with Gasteiger partial charge in [0, 0.05) is 43.0 Å². The molecule has 0 amide bonds. The van der Waals surface area contributed by atoms with E-state index < -0.39 is 6.67 Å². The second-order valence-electron chi connectivity index (χ2n) is 7.08. The van der Waals surface area contributed by atoms with Gasteiger partial charge in [0.1, 0.15) is 6.67 Å². The molecule has 0 spiro atoms. The van der Waals surface area contributed by atoms with Crippen LogP contribution in [0.4, 0.5) is 4.39 Å². The number of hydrogen-bond acceptors (Lipinski definition) is 3. The molecule has 1 aliphatic rings. The average Bonchev–Trinajstić information content (AvgIpc) is 2.98.